The zero-order valence-electron chi connectivity index (χ0n) is 14.4. The minimum atomic E-state index is -0.412. The number of esters is 1. The lowest BCUT2D eigenvalue weighted by Crippen LogP contribution is -1.99. The first-order chi connectivity index (χ1) is 12.7. The first kappa shape index (κ1) is 16.5. The van der Waals surface area contributed by atoms with Crippen LogP contribution >= 0.6 is 0 Å². The number of carbonyl (C=O) groups excluding carboxylic acids is 1. The van der Waals surface area contributed by atoms with E-state index in [4.69, 9.17) is 9.72 Å². The summed E-state index contributed by atoms with van der Waals surface area (Å²) in [5.41, 5.74) is 4.67. The summed E-state index contributed by atoms with van der Waals surface area (Å²) in [4.78, 5) is 16.5. The maximum Gasteiger partial charge on any atom is 0.330 e. The first-order valence-corrected chi connectivity index (χ1v) is 8.62. The van der Waals surface area contributed by atoms with Gasteiger partial charge >= 0.3 is 5.97 Å². The van der Waals surface area contributed by atoms with Crippen LogP contribution in [0.15, 0.2) is 54.6 Å². The number of aromatic nitrogens is 1. The molecule has 1 aromatic heterocycles. The SMILES string of the molecule is COC(=O)/C=C/c1c(C2CC2)nc2ccccc2c1-c1ccc(F)cc1. The van der Waals surface area contributed by atoms with Gasteiger partial charge < -0.3 is 4.74 Å². The molecule has 3 aromatic rings. The van der Waals surface area contributed by atoms with Gasteiger partial charge in [0.25, 0.3) is 0 Å². The van der Waals surface area contributed by atoms with Crippen molar-refractivity contribution < 1.29 is 13.9 Å². The molecule has 0 spiro atoms. The molecule has 0 aliphatic heterocycles. The molecule has 3 nitrogen and oxygen atoms in total. The highest BCUT2D eigenvalue weighted by Crippen LogP contribution is 2.45. The quantitative estimate of drug-likeness (QED) is 0.487. The number of para-hydroxylation sites is 1. The highest BCUT2D eigenvalue weighted by molar-refractivity contribution is 6.01. The van der Waals surface area contributed by atoms with Crippen LogP contribution in [0.25, 0.3) is 28.1 Å². The Morgan fingerprint density at radius 2 is 1.88 bits per heavy atom. The Bertz CT molecular complexity index is 1000. The fraction of sp³-hybridized carbons (Fsp3) is 0.182. The monoisotopic (exact) mass is 347 g/mol. The average Bonchev–Trinajstić information content (AvgIpc) is 3.51. The molecule has 26 heavy (non-hydrogen) atoms. The lowest BCUT2D eigenvalue weighted by molar-refractivity contribution is -0.134. The Kier molecular flexibility index (Phi) is 4.25. The molecule has 0 amide bonds. The number of hydrogen-bond acceptors (Lipinski definition) is 3. The van der Waals surface area contributed by atoms with Crippen LogP contribution in [0.2, 0.25) is 0 Å². The second-order valence-electron chi connectivity index (χ2n) is 6.44. The van der Waals surface area contributed by atoms with Gasteiger partial charge in [0.2, 0.25) is 0 Å². The topological polar surface area (TPSA) is 39.2 Å². The van der Waals surface area contributed by atoms with E-state index >= 15 is 0 Å². The van der Waals surface area contributed by atoms with E-state index in [0.29, 0.717) is 5.92 Å². The molecule has 1 fully saturated rings. The molecule has 4 heteroatoms. The second-order valence-corrected chi connectivity index (χ2v) is 6.44. The van der Waals surface area contributed by atoms with Crippen molar-refractivity contribution in [1.29, 1.82) is 0 Å². The van der Waals surface area contributed by atoms with Gasteiger partial charge in [-0.3, -0.25) is 4.98 Å². The third-order valence-corrected chi connectivity index (χ3v) is 4.64. The van der Waals surface area contributed by atoms with Crippen LogP contribution < -0.4 is 0 Å². The molecule has 0 unspecified atom stereocenters. The summed E-state index contributed by atoms with van der Waals surface area (Å²) in [6.07, 6.45) is 5.38. The highest BCUT2D eigenvalue weighted by Gasteiger charge is 2.29. The number of hydrogen-bond donors (Lipinski definition) is 0. The first-order valence-electron chi connectivity index (χ1n) is 8.62. The highest BCUT2D eigenvalue weighted by atomic mass is 19.1. The molecular formula is C22H18FNO2. The van der Waals surface area contributed by atoms with Gasteiger partial charge in [-0.25, -0.2) is 9.18 Å². The van der Waals surface area contributed by atoms with E-state index in [1.807, 2.05) is 24.3 Å². The maximum atomic E-state index is 13.4. The van der Waals surface area contributed by atoms with Crippen LogP contribution in [0.3, 0.4) is 0 Å². The smallest absolute Gasteiger partial charge is 0.330 e. The fourth-order valence-electron chi connectivity index (χ4n) is 3.23. The molecule has 0 atom stereocenters. The number of rotatable bonds is 4. The summed E-state index contributed by atoms with van der Waals surface area (Å²) in [5, 5.41) is 0.980. The predicted molar refractivity (Wildman–Crippen MR) is 100 cm³/mol. The van der Waals surface area contributed by atoms with E-state index in [2.05, 4.69) is 0 Å². The molecule has 0 N–H and O–H groups in total. The minimum Gasteiger partial charge on any atom is -0.466 e. The van der Waals surface area contributed by atoms with E-state index in [-0.39, 0.29) is 5.82 Å². The maximum absolute atomic E-state index is 13.4. The van der Waals surface area contributed by atoms with Gasteiger partial charge in [0.05, 0.1) is 18.3 Å². The Balaban J connectivity index is 2.02. The van der Waals surface area contributed by atoms with Crippen molar-refractivity contribution in [2.75, 3.05) is 7.11 Å². The van der Waals surface area contributed by atoms with Crippen molar-refractivity contribution in [3.05, 3.63) is 71.7 Å². The zero-order chi connectivity index (χ0) is 18.1. The summed E-state index contributed by atoms with van der Waals surface area (Å²) in [6.45, 7) is 0. The molecule has 1 aliphatic carbocycles. The van der Waals surface area contributed by atoms with Gasteiger partial charge in [0, 0.05) is 28.5 Å². The number of nitrogens with zero attached hydrogens (tertiary/aromatic N) is 1. The third-order valence-electron chi connectivity index (χ3n) is 4.64. The van der Waals surface area contributed by atoms with Crippen molar-refractivity contribution >= 4 is 22.9 Å². The second kappa shape index (κ2) is 6.71. The molecule has 1 heterocycles. The number of pyridine rings is 1. The van der Waals surface area contributed by atoms with E-state index in [0.717, 1.165) is 46.1 Å². The largest absolute Gasteiger partial charge is 0.466 e. The predicted octanol–water partition coefficient (Wildman–Crippen LogP) is 5.10. The molecule has 4 rings (SSSR count). The number of ether oxygens (including phenoxy) is 1. The number of halogens is 1. The normalized spacial score (nSPS) is 14.1. The summed E-state index contributed by atoms with van der Waals surface area (Å²) in [7, 11) is 1.36. The molecule has 0 saturated heterocycles. The number of benzene rings is 2. The van der Waals surface area contributed by atoms with E-state index in [1.165, 1.54) is 25.3 Å². The summed E-state index contributed by atoms with van der Waals surface area (Å²) in [5.74, 6) is -0.290. The minimum absolute atomic E-state index is 0.277. The summed E-state index contributed by atoms with van der Waals surface area (Å²) < 4.78 is 18.2. The molecular weight excluding hydrogens is 329 g/mol. The van der Waals surface area contributed by atoms with Crippen LogP contribution in [0.5, 0.6) is 0 Å². The van der Waals surface area contributed by atoms with Crippen molar-refractivity contribution in [2.45, 2.75) is 18.8 Å². The van der Waals surface area contributed by atoms with Crippen molar-refractivity contribution in [3.8, 4) is 11.1 Å². The molecule has 2 aromatic carbocycles. The zero-order valence-corrected chi connectivity index (χ0v) is 14.4. The van der Waals surface area contributed by atoms with Crippen LogP contribution in [-0.2, 0) is 9.53 Å². The fourth-order valence-corrected chi connectivity index (χ4v) is 3.23. The van der Waals surface area contributed by atoms with Gasteiger partial charge in [-0.1, -0.05) is 30.3 Å². The number of carbonyl (C=O) groups is 1. The summed E-state index contributed by atoms with van der Waals surface area (Å²) in [6, 6.07) is 14.4. The Morgan fingerprint density at radius 1 is 1.15 bits per heavy atom. The van der Waals surface area contributed by atoms with Gasteiger partial charge in [-0.05, 0) is 42.7 Å². The van der Waals surface area contributed by atoms with Crippen LogP contribution in [0.4, 0.5) is 4.39 Å². The lowest BCUT2D eigenvalue weighted by Gasteiger charge is -2.15. The standard InChI is InChI=1S/C22H18FNO2/c1-26-20(25)13-12-18-21(14-8-10-16(23)11-9-14)17-4-2-3-5-19(17)24-22(18)15-6-7-15/h2-5,8-13,15H,6-7H2,1H3/b13-12+. The van der Waals surface area contributed by atoms with Gasteiger partial charge in [0.15, 0.2) is 0 Å². The Labute approximate surface area is 151 Å². The Hall–Kier alpha value is -3.01. The number of fused-ring (bicyclic) bond motifs is 1. The van der Waals surface area contributed by atoms with E-state index in [9.17, 15) is 9.18 Å². The van der Waals surface area contributed by atoms with Crippen molar-refractivity contribution in [2.24, 2.45) is 0 Å². The number of methoxy groups -OCH3 is 1. The Morgan fingerprint density at radius 3 is 2.58 bits per heavy atom. The van der Waals surface area contributed by atoms with Crippen LogP contribution in [0.1, 0.15) is 30.0 Å². The van der Waals surface area contributed by atoms with E-state index in [1.54, 1.807) is 18.2 Å². The molecule has 130 valence electrons. The van der Waals surface area contributed by atoms with Gasteiger partial charge in [-0.2, -0.15) is 0 Å². The third kappa shape index (κ3) is 3.10. The van der Waals surface area contributed by atoms with Crippen molar-refractivity contribution in [1.82, 2.24) is 4.98 Å². The lowest BCUT2D eigenvalue weighted by atomic mass is 9.92. The van der Waals surface area contributed by atoms with Crippen molar-refractivity contribution in [3.63, 3.8) is 0 Å². The van der Waals surface area contributed by atoms with Gasteiger partial charge in [-0.15, -0.1) is 0 Å². The average molecular weight is 347 g/mol. The van der Waals surface area contributed by atoms with Crippen LogP contribution in [-0.4, -0.2) is 18.1 Å². The molecule has 1 saturated carbocycles. The van der Waals surface area contributed by atoms with Crippen LogP contribution in [0, 0.1) is 5.82 Å². The van der Waals surface area contributed by atoms with Gasteiger partial charge in [0.1, 0.15) is 5.82 Å². The summed E-state index contributed by atoms with van der Waals surface area (Å²) >= 11 is 0. The molecule has 0 bridgehead atoms. The molecule has 0 radical (unpaired) electrons. The molecule has 1 aliphatic rings. The van der Waals surface area contributed by atoms with E-state index < -0.39 is 5.97 Å².